The van der Waals surface area contributed by atoms with Crippen molar-refractivity contribution in [2.75, 3.05) is 25.1 Å². The number of halogens is 1. The van der Waals surface area contributed by atoms with Gasteiger partial charge in [-0.1, -0.05) is 6.07 Å². The summed E-state index contributed by atoms with van der Waals surface area (Å²) < 4.78 is 54.5. The van der Waals surface area contributed by atoms with Crippen LogP contribution in [0.3, 0.4) is 0 Å². The lowest BCUT2D eigenvalue weighted by Crippen LogP contribution is -2.39. The molecule has 0 atom stereocenters. The molecule has 1 heterocycles. The van der Waals surface area contributed by atoms with Crippen molar-refractivity contribution in [3.8, 4) is 17.2 Å². The summed E-state index contributed by atoms with van der Waals surface area (Å²) in [5.74, 6) is -0.698. The molecule has 4 aromatic rings. The Bertz CT molecular complexity index is 1750. The Hall–Kier alpha value is -4.64. The largest absolute Gasteiger partial charge is 0.493 e. The number of sulfonamides is 1. The average Bonchev–Trinajstić information content (AvgIpc) is 3.25. The number of ether oxygens (including phenoxy) is 2. The molecule has 0 unspecified atom stereocenters. The molecule has 0 saturated heterocycles. The zero-order valence-corrected chi connectivity index (χ0v) is 25.1. The number of hydrazone groups is 1. The van der Waals surface area contributed by atoms with Gasteiger partial charge in [-0.05, 0) is 93.4 Å². The zero-order valence-electron chi connectivity index (χ0n) is 24.3. The number of benzene rings is 3. The molecule has 9 nitrogen and oxygen atoms in total. The molecule has 0 aliphatic rings. The molecule has 0 aliphatic heterocycles. The van der Waals surface area contributed by atoms with E-state index in [9.17, 15) is 17.6 Å². The minimum atomic E-state index is -4.28. The molecular weight excluding hydrogens is 559 g/mol. The highest BCUT2D eigenvalue weighted by molar-refractivity contribution is 7.92. The summed E-state index contributed by atoms with van der Waals surface area (Å²) in [5, 5.41) is 4.09. The van der Waals surface area contributed by atoms with Gasteiger partial charge in [-0.3, -0.25) is 9.10 Å². The van der Waals surface area contributed by atoms with Crippen LogP contribution in [0.5, 0.6) is 11.5 Å². The van der Waals surface area contributed by atoms with Crippen LogP contribution >= 0.6 is 0 Å². The summed E-state index contributed by atoms with van der Waals surface area (Å²) in [4.78, 5) is 12.8. The van der Waals surface area contributed by atoms with E-state index < -0.39 is 28.3 Å². The Kier molecular flexibility index (Phi) is 9.01. The van der Waals surface area contributed by atoms with Gasteiger partial charge >= 0.3 is 0 Å². The molecule has 11 heteroatoms. The molecule has 1 N–H and O–H groups in total. The number of rotatable bonds is 10. The average molecular weight is 593 g/mol. The predicted octanol–water partition coefficient (Wildman–Crippen LogP) is 5.21. The van der Waals surface area contributed by atoms with Crippen molar-refractivity contribution in [3.05, 3.63) is 101 Å². The number of amides is 1. The van der Waals surface area contributed by atoms with E-state index in [0.29, 0.717) is 5.75 Å². The molecule has 0 radical (unpaired) electrons. The van der Waals surface area contributed by atoms with Crippen LogP contribution in [-0.2, 0) is 14.8 Å². The smallest absolute Gasteiger partial charge is 0.264 e. The van der Waals surface area contributed by atoms with E-state index in [4.69, 9.17) is 9.47 Å². The normalized spacial score (nSPS) is 11.5. The number of hydrogen-bond donors (Lipinski definition) is 1. The van der Waals surface area contributed by atoms with E-state index in [1.165, 1.54) is 61.9 Å². The molecule has 3 aromatic carbocycles. The van der Waals surface area contributed by atoms with Crippen LogP contribution < -0.4 is 19.2 Å². The maximum absolute atomic E-state index is 13.7. The van der Waals surface area contributed by atoms with Crippen molar-refractivity contribution in [2.45, 2.75) is 32.6 Å². The Morgan fingerprint density at radius 3 is 2.26 bits per heavy atom. The van der Waals surface area contributed by atoms with E-state index in [1.54, 1.807) is 0 Å². The van der Waals surface area contributed by atoms with E-state index in [0.717, 1.165) is 39.1 Å². The van der Waals surface area contributed by atoms with Crippen LogP contribution in [0.25, 0.3) is 5.69 Å². The quantitative estimate of drug-likeness (QED) is 0.201. The maximum atomic E-state index is 13.7. The summed E-state index contributed by atoms with van der Waals surface area (Å²) in [6.07, 6.45) is 1.52. The first-order valence-electron chi connectivity index (χ1n) is 13.0. The van der Waals surface area contributed by atoms with Crippen LogP contribution in [0, 0.1) is 33.5 Å². The van der Waals surface area contributed by atoms with Crippen LogP contribution in [0.1, 0.15) is 28.1 Å². The topological polar surface area (TPSA) is 102 Å². The third-order valence-electron chi connectivity index (χ3n) is 6.96. The first kappa shape index (κ1) is 30.3. The van der Waals surface area contributed by atoms with Gasteiger partial charge in [-0.2, -0.15) is 5.10 Å². The summed E-state index contributed by atoms with van der Waals surface area (Å²) in [6, 6.07) is 17.1. The fraction of sp³-hybridized carbons (Fsp3) is 0.226. The van der Waals surface area contributed by atoms with Crippen molar-refractivity contribution in [3.63, 3.8) is 0 Å². The molecular formula is C31H33FN4O5S. The number of aryl methyl sites for hydroxylation is 3. The first-order chi connectivity index (χ1) is 20.0. The van der Waals surface area contributed by atoms with Crippen molar-refractivity contribution in [1.29, 1.82) is 0 Å². The fourth-order valence-electron chi connectivity index (χ4n) is 4.55. The zero-order chi connectivity index (χ0) is 30.6. The highest BCUT2D eigenvalue weighted by atomic mass is 32.2. The van der Waals surface area contributed by atoms with Gasteiger partial charge in [0.1, 0.15) is 12.4 Å². The van der Waals surface area contributed by atoms with Crippen molar-refractivity contribution in [2.24, 2.45) is 5.10 Å². The van der Waals surface area contributed by atoms with E-state index in [2.05, 4.69) is 41.1 Å². The maximum Gasteiger partial charge on any atom is 0.264 e. The molecule has 0 spiro atoms. The van der Waals surface area contributed by atoms with Crippen LogP contribution in [0.4, 0.5) is 10.1 Å². The standard InChI is InChI=1S/C31H33FN4O5S/c1-20-7-10-27(15-21(20)2)36-22(3)16-24(23(36)4)18-33-34-31(37)19-35(26-11-8-25(32)9-12-26)42(38,39)28-13-14-29(40-5)30(17-28)41-6/h7-18H,19H2,1-6H3,(H,34,37)/b33-18-. The number of hydrogen-bond acceptors (Lipinski definition) is 6. The number of carbonyl (C=O) groups is 1. The molecule has 0 saturated carbocycles. The minimum Gasteiger partial charge on any atom is -0.493 e. The van der Waals surface area contributed by atoms with E-state index in [1.807, 2.05) is 26.0 Å². The number of methoxy groups -OCH3 is 2. The van der Waals surface area contributed by atoms with E-state index >= 15 is 0 Å². The molecule has 1 amide bonds. The molecule has 4 rings (SSSR count). The van der Waals surface area contributed by atoms with Gasteiger partial charge < -0.3 is 14.0 Å². The summed E-state index contributed by atoms with van der Waals surface area (Å²) in [6.45, 7) is 7.45. The molecule has 0 bridgehead atoms. The van der Waals surface area contributed by atoms with Gasteiger partial charge in [-0.15, -0.1) is 0 Å². The predicted molar refractivity (Wildman–Crippen MR) is 161 cm³/mol. The molecule has 1 aromatic heterocycles. The first-order valence-corrected chi connectivity index (χ1v) is 14.5. The number of anilines is 1. The van der Waals surface area contributed by atoms with Crippen LogP contribution in [-0.4, -0.2) is 45.9 Å². The molecule has 0 aliphatic carbocycles. The van der Waals surface area contributed by atoms with Crippen molar-refractivity contribution >= 4 is 27.8 Å². The van der Waals surface area contributed by atoms with Gasteiger partial charge in [0.25, 0.3) is 15.9 Å². The lowest BCUT2D eigenvalue weighted by atomic mass is 10.1. The number of nitrogens with zero attached hydrogens (tertiary/aromatic N) is 3. The summed E-state index contributed by atoms with van der Waals surface area (Å²) >= 11 is 0. The second-order valence-corrected chi connectivity index (χ2v) is 11.6. The molecule has 0 fully saturated rings. The van der Waals surface area contributed by atoms with Crippen LogP contribution in [0.2, 0.25) is 0 Å². The van der Waals surface area contributed by atoms with Gasteiger partial charge in [0.15, 0.2) is 11.5 Å². The fourth-order valence-corrected chi connectivity index (χ4v) is 5.98. The van der Waals surface area contributed by atoms with Gasteiger partial charge in [0, 0.05) is 28.7 Å². The Labute approximate surface area is 245 Å². The summed E-state index contributed by atoms with van der Waals surface area (Å²) in [5.41, 5.74) is 8.63. The van der Waals surface area contributed by atoms with Crippen molar-refractivity contribution in [1.82, 2.24) is 9.99 Å². The second-order valence-electron chi connectivity index (χ2n) is 9.73. The van der Waals surface area contributed by atoms with Gasteiger partial charge in [-0.25, -0.2) is 18.2 Å². The highest BCUT2D eigenvalue weighted by Gasteiger charge is 2.28. The third-order valence-corrected chi connectivity index (χ3v) is 8.73. The Morgan fingerprint density at radius 2 is 1.62 bits per heavy atom. The molecule has 220 valence electrons. The lowest BCUT2D eigenvalue weighted by molar-refractivity contribution is -0.119. The third kappa shape index (κ3) is 6.31. The van der Waals surface area contributed by atoms with Gasteiger partial charge in [0.05, 0.1) is 31.0 Å². The minimum absolute atomic E-state index is 0.0993. The number of aromatic nitrogens is 1. The van der Waals surface area contributed by atoms with Crippen LogP contribution in [0.15, 0.2) is 76.7 Å². The van der Waals surface area contributed by atoms with Crippen molar-refractivity contribution < 1.29 is 27.1 Å². The monoisotopic (exact) mass is 592 g/mol. The SMILES string of the molecule is COc1ccc(S(=O)(=O)N(CC(=O)N/N=C\c2cc(C)n(-c3ccc(C)c(C)c3)c2C)c2ccc(F)cc2)cc1OC. The molecule has 42 heavy (non-hydrogen) atoms. The second kappa shape index (κ2) is 12.5. The lowest BCUT2D eigenvalue weighted by Gasteiger charge is -2.24. The number of carbonyl (C=O) groups excluding carboxylic acids is 1. The highest BCUT2D eigenvalue weighted by Crippen LogP contribution is 2.32. The van der Waals surface area contributed by atoms with E-state index in [-0.39, 0.29) is 16.3 Å². The summed E-state index contributed by atoms with van der Waals surface area (Å²) in [7, 11) is -1.46. The Balaban J connectivity index is 1.58. The number of nitrogens with one attached hydrogen (secondary N) is 1. The van der Waals surface area contributed by atoms with Gasteiger partial charge in [0.2, 0.25) is 0 Å². The Morgan fingerprint density at radius 1 is 0.929 bits per heavy atom.